The second-order valence-corrected chi connectivity index (χ2v) is 7.56. The maximum atomic E-state index is 14.6. The monoisotopic (exact) mass is 410 g/mol. The molecule has 0 atom stereocenters. The van der Waals surface area contributed by atoms with Crippen molar-refractivity contribution < 1.29 is 18.7 Å². The summed E-state index contributed by atoms with van der Waals surface area (Å²) in [5.41, 5.74) is 3.13. The first-order valence-corrected chi connectivity index (χ1v) is 10.1. The lowest BCUT2D eigenvalue weighted by molar-refractivity contribution is -0.107. The highest BCUT2D eigenvalue weighted by Gasteiger charge is 2.17. The van der Waals surface area contributed by atoms with Crippen LogP contribution in [0.25, 0.3) is 5.69 Å². The molecule has 2 aromatic carbocycles. The Morgan fingerprint density at radius 1 is 1.17 bits per heavy atom. The summed E-state index contributed by atoms with van der Waals surface area (Å²) in [5, 5.41) is 0. The number of halogens is 1. The van der Waals surface area contributed by atoms with Crippen molar-refractivity contribution in [1.82, 2.24) is 9.55 Å². The van der Waals surface area contributed by atoms with Crippen LogP contribution in [0.2, 0.25) is 0 Å². The van der Waals surface area contributed by atoms with Crippen molar-refractivity contribution in [1.29, 1.82) is 0 Å². The van der Waals surface area contributed by atoms with Crippen LogP contribution in [0, 0.1) is 11.7 Å². The normalized spacial score (nSPS) is 11.0. The molecule has 0 aliphatic carbocycles. The van der Waals surface area contributed by atoms with Crippen LogP contribution in [0.4, 0.5) is 4.39 Å². The summed E-state index contributed by atoms with van der Waals surface area (Å²) in [6.45, 7) is 4.50. The van der Waals surface area contributed by atoms with E-state index in [0.29, 0.717) is 30.2 Å². The molecule has 0 amide bonds. The minimum absolute atomic E-state index is 0.276. The third-order valence-corrected chi connectivity index (χ3v) is 4.79. The Balaban J connectivity index is 1.86. The fraction of sp³-hybridized carbons (Fsp3) is 0.333. The zero-order valence-corrected chi connectivity index (χ0v) is 17.6. The second kappa shape index (κ2) is 10.1. The molecule has 0 aliphatic heterocycles. The number of methoxy groups -OCH3 is 1. The highest BCUT2D eigenvalue weighted by Crippen LogP contribution is 2.25. The van der Waals surface area contributed by atoms with Gasteiger partial charge in [-0.15, -0.1) is 0 Å². The Bertz CT molecular complexity index is 998. The molecule has 0 N–H and O–H groups in total. The van der Waals surface area contributed by atoms with Crippen LogP contribution in [0.15, 0.2) is 48.8 Å². The number of hydrogen-bond acceptors (Lipinski definition) is 4. The molecule has 0 spiro atoms. The van der Waals surface area contributed by atoms with Crippen LogP contribution in [0.1, 0.15) is 37.2 Å². The average molecular weight is 410 g/mol. The first kappa shape index (κ1) is 21.6. The molecule has 0 fully saturated rings. The molecule has 3 rings (SSSR count). The zero-order valence-electron chi connectivity index (χ0n) is 17.6. The van der Waals surface area contributed by atoms with Crippen molar-refractivity contribution in [2.75, 3.05) is 7.11 Å². The molecular formula is C24H27FN2O3. The number of hydrogen-bond donors (Lipinski definition) is 0. The molecular weight excluding hydrogens is 383 g/mol. The Labute approximate surface area is 176 Å². The lowest BCUT2D eigenvalue weighted by Crippen LogP contribution is -2.09. The van der Waals surface area contributed by atoms with Gasteiger partial charge in [0, 0.05) is 18.2 Å². The molecule has 0 radical (unpaired) electrons. The van der Waals surface area contributed by atoms with Crippen molar-refractivity contribution >= 4 is 6.29 Å². The minimum Gasteiger partial charge on any atom is -0.497 e. The fourth-order valence-corrected chi connectivity index (χ4v) is 3.31. The lowest BCUT2D eigenvalue weighted by atomic mass is 10.1. The van der Waals surface area contributed by atoms with E-state index in [0.717, 1.165) is 35.4 Å². The van der Waals surface area contributed by atoms with Crippen LogP contribution in [-0.2, 0) is 24.2 Å². The molecule has 0 saturated heterocycles. The van der Waals surface area contributed by atoms with Gasteiger partial charge in [-0.05, 0) is 48.6 Å². The number of carbonyl (C=O) groups excluding carboxylic acids is 1. The standard InChI is InChI=1S/C24H27FN2O3/c1-17(2)12-24-22(15-30-20-8-4-6-18(13-20)7-5-11-28)26-16-27(24)23-14-19(29-3)9-10-21(23)25/h4,6,8-11,13-14,16-17H,5,7,12,15H2,1-3H3. The maximum Gasteiger partial charge on any atom is 0.147 e. The molecule has 0 saturated carbocycles. The van der Waals surface area contributed by atoms with Gasteiger partial charge in [0.05, 0.1) is 24.8 Å². The van der Waals surface area contributed by atoms with Crippen LogP contribution >= 0.6 is 0 Å². The van der Waals surface area contributed by atoms with E-state index in [9.17, 15) is 9.18 Å². The van der Waals surface area contributed by atoms with E-state index < -0.39 is 0 Å². The Hall–Kier alpha value is -3.15. The van der Waals surface area contributed by atoms with Crippen LogP contribution < -0.4 is 9.47 Å². The SMILES string of the molecule is COc1ccc(F)c(-n2cnc(COc3cccc(CCC=O)c3)c2CC(C)C)c1. The van der Waals surface area contributed by atoms with Crippen molar-refractivity contribution in [3.63, 3.8) is 0 Å². The number of imidazole rings is 1. The lowest BCUT2D eigenvalue weighted by Gasteiger charge is -2.14. The molecule has 158 valence electrons. The van der Waals surface area contributed by atoms with E-state index in [-0.39, 0.29) is 12.4 Å². The van der Waals surface area contributed by atoms with E-state index in [2.05, 4.69) is 18.8 Å². The van der Waals surface area contributed by atoms with Gasteiger partial charge in [0.1, 0.15) is 30.2 Å². The Kier molecular flexibility index (Phi) is 7.22. The number of benzene rings is 2. The molecule has 1 heterocycles. The molecule has 6 heteroatoms. The predicted molar refractivity (Wildman–Crippen MR) is 114 cm³/mol. The highest BCUT2D eigenvalue weighted by molar-refractivity contribution is 5.50. The summed E-state index contributed by atoms with van der Waals surface area (Å²) < 4.78 is 27.6. The van der Waals surface area contributed by atoms with Crippen LogP contribution in [-0.4, -0.2) is 22.9 Å². The molecule has 3 aromatic rings. The molecule has 30 heavy (non-hydrogen) atoms. The molecule has 5 nitrogen and oxygen atoms in total. The summed E-state index contributed by atoms with van der Waals surface area (Å²) in [5.74, 6) is 1.32. The fourth-order valence-electron chi connectivity index (χ4n) is 3.31. The third kappa shape index (κ3) is 5.26. The summed E-state index contributed by atoms with van der Waals surface area (Å²) >= 11 is 0. The number of aldehydes is 1. The predicted octanol–water partition coefficient (Wildman–Crippen LogP) is 4.93. The van der Waals surface area contributed by atoms with E-state index in [1.165, 1.54) is 6.07 Å². The Morgan fingerprint density at radius 3 is 2.73 bits per heavy atom. The van der Waals surface area contributed by atoms with E-state index in [1.54, 1.807) is 30.1 Å². The molecule has 1 aromatic heterocycles. The summed E-state index contributed by atoms with van der Waals surface area (Å²) in [4.78, 5) is 15.1. The number of aryl methyl sites for hydroxylation is 1. The summed E-state index contributed by atoms with van der Waals surface area (Å²) in [7, 11) is 1.56. The van der Waals surface area contributed by atoms with E-state index in [1.807, 2.05) is 24.3 Å². The first-order chi connectivity index (χ1) is 14.5. The maximum absolute atomic E-state index is 14.6. The quantitative estimate of drug-likeness (QED) is 0.445. The topological polar surface area (TPSA) is 53.4 Å². The van der Waals surface area contributed by atoms with Gasteiger partial charge in [0.25, 0.3) is 0 Å². The van der Waals surface area contributed by atoms with E-state index >= 15 is 0 Å². The number of ether oxygens (including phenoxy) is 2. The molecule has 0 unspecified atom stereocenters. The van der Waals surface area contributed by atoms with Gasteiger partial charge in [-0.1, -0.05) is 26.0 Å². The largest absolute Gasteiger partial charge is 0.497 e. The zero-order chi connectivity index (χ0) is 21.5. The smallest absolute Gasteiger partial charge is 0.147 e. The van der Waals surface area contributed by atoms with Crippen LogP contribution in [0.5, 0.6) is 11.5 Å². The van der Waals surface area contributed by atoms with Gasteiger partial charge in [-0.3, -0.25) is 4.57 Å². The summed E-state index contributed by atoms with van der Waals surface area (Å²) in [6, 6.07) is 12.4. The van der Waals surface area contributed by atoms with E-state index in [4.69, 9.17) is 9.47 Å². The molecule has 0 aliphatic rings. The van der Waals surface area contributed by atoms with Crippen molar-refractivity contribution in [3.05, 3.63) is 71.6 Å². The van der Waals surface area contributed by atoms with Crippen molar-refractivity contribution in [3.8, 4) is 17.2 Å². The van der Waals surface area contributed by atoms with Gasteiger partial charge in [-0.25, -0.2) is 9.37 Å². The van der Waals surface area contributed by atoms with Crippen LogP contribution in [0.3, 0.4) is 0 Å². The van der Waals surface area contributed by atoms with Gasteiger partial charge >= 0.3 is 0 Å². The first-order valence-electron chi connectivity index (χ1n) is 10.1. The minimum atomic E-state index is -0.339. The number of nitrogens with zero attached hydrogens (tertiary/aromatic N) is 2. The van der Waals surface area contributed by atoms with Gasteiger partial charge < -0.3 is 14.3 Å². The molecule has 0 bridgehead atoms. The second-order valence-electron chi connectivity index (χ2n) is 7.56. The number of carbonyl (C=O) groups is 1. The Morgan fingerprint density at radius 2 is 2.00 bits per heavy atom. The average Bonchev–Trinajstić information content (AvgIpc) is 3.13. The van der Waals surface area contributed by atoms with Crippen molar-refractivity contribution in [2.24, 2.45) is 5.92 Å². The van der Waals surface area contributed by atoms with Gasteiger partial charge in [0.2, 0.25) is 0 Å². The van der Waals surface area contributed by atoms with Crippen molar-refractivity contribution in [2.45, 2.75) is 39.7 Å². The van der Waals surface area contributed by atoms with Gasteiger partial charge in [-0.2, -0.15) is 0 Å². The highest BCUT2D eigenvalue weighted by atomic mass is 19.1. The number of aromatic nitrogens is 2. The number of rotatable bonds is 10. The summed E-state index contributed by atoms with van der Waals surface area (Å²) in [6.07, 6.45) is 4.45. The van der Waals surface area contributed by atoms with Gasteiger partial charge in [0.15, 0.2) is 0 Å². The third-order valence-electron chi connectivity index (χ3n) is 4.79.